The fourth-order valence-corrected chi connectivity index (χ4v) is 2.29. The number of aromatic hydroxyl groups is 2. The predicted molar refractivity (Wildman–Crippen MR) is 78.1 cm³/mol. The van der Waals surface area contributed by atoms with Gasteiger partial charge in [0, 0.05) is 5.41 Å². The molecule has 0 aliphatic heterocycles. The van der Waals surface area contributed by atoms with Crippen molar-refractivity contribution in [2.24, 2.45) is 0 Å². The molecule has 0 aliphatic rings. The highest BCUT2D eigenvalue weighted by molar-refractivity contribution is 6.32. The fraction of sp³-hybridized carbons (Fsp3) is 0.250. The topological polar surface area (TPSA) is 40.5 Å². The van der Waals surface area contributed by atoms with E-state index in [1.54, 1.807) is 18.2 Å². The van der Waals surface area contributed by atoms with Gasteiger partial charge in [0.25, 0.3) is 0 Å². The number of hydrogen-bond acceptors (Lipinski definition) is 2. The second-order valence-corrected chi connectivity index (χ2v) is 5.70. The van der Waals surface area contributed by atoms with Crippen LogP contribution in [0.1, 0.15) is 30.5 Å². The second kappa shape index (κ2) is 4.78. The molecule has 100 valence electrons. The normalized spacial score (nSPS) is 11.6. The van der Waals surface area contributed by atoms with Crippen molar-refractivity contribution in [3.63, 3.8) is 0 Å². The van der Waals surface area contributed by atoms with Gasteiger partial charge in [0.15, 0.2) is 0 Å². The van der Waals surface area contributed by atoms with Gasteiger partial charge in [-0.3, -0.25) is 0 Å². The minimum atomic E-state index is -0.254. The van der Waals surface area contributed by atoms with Crippen LogP contribution in [0.4, 0.5) is 0 Å². The lowest BCUT2D eigenvalue weighted by Crippen LogP contribution is -2.18. The molecule has 3 heteroatoms. The van der Waals surface area contributed by atoms with Gasteiger partial charge in [0.1, 0.15) is 11.5 Å². The number of phenols is 2. The van der Waals surface area contributed by atoms with Gasteiger partial charge in [-0.05, 0) is 41.8 Å². The maximum Gasteiger partial charge on any atom is 0.134 e. The number of benzene rings is 2. The van der Waals surface area contributed by atoms with Crippen molar-refractivity contribution >= 4 is 11.6 Å². The lowest BCUT2D eigenvalue weighted by atomic mass is 9.77. The van der Waals surface area contributed by atoms with E-state index in [0.717, 1.165) is 16.7 Å². The van der Waals surface area contributed by atoms with Gasteiger partial charge >= 0.3 is 0 Å². The Hall–Kier alpha value is -1.67. The molecule has 19 heavy (non-hydrogen) atoms. The summed E-state index contributed by atoms with van der Waals surface area (Å²) in [7, 11) is 0. The molecule has 0 saturated heterocycles. The largest absolute Gasteiger partial charge is 0.508 e. The standard InChI is InChI=1S/C16H17ClO2/c1-10-8-11(4-6-14(10)18)16(2,3)12-5-7-15(19)13(17)9-12/h4-9,18-19H,1-3H3. The van der Waals surface area contributed by atoms with Crippen molar-refractivity contribution in [1.29, 1.82) is 0 Å². The van der Waals surface area contributed by atoms with Gasteiger partial charge in [0.05, 0.1) is 5.02 Å². The van der Waals surface area contributed by atoms with Crippen LogP contribution < -0.4 is 0 Å². The zero-order chi connectivity index (χ0) is 14.2. The lowest BCUT2D eigenvalue weighted by molar-refractivity contribution is 0.470. The zero-order valence-corrected chi connectivity index (χ0v) is 12.0. The number of halogens is 1. The first-order chi connectivity index (χ1) is 8.82. The lowest BCUT2D eigenvalue weighted by Gasteiger charge is -2.27. The summed E-state index contributed by atoms with van der Waals surface area (Å²) >= 11 is 5.97. The van der Waals surface area contributed by atoms with E-state index in [1.165, 1.54) is 0 Å². The van der Waals surface area contributed by atoms with Gasteiger partial charge in [-0.25, -0.2) is 0 Å². The molecular formula is C16H17ClO2. The van der Waals surface area contributed by atoms with Gasteiger partial charge in [0.2, 0.25) is 0 Å². The van der Waals surface area contributed by atoms with E-state index in [9.17, 15) is 10.2 Å². The molecule has 0 saturated carbocycles. The van der Waals surface area contributed by atoms with Crippen LogP contribution >= 0.6 is 11.6 Å². The third-order valence-corrected chi connectivity index (χ3v) is 3.89. The first-order valence-corrected chi connectivity index (χ1v) is 6.49. The van der Waals surface area contributed by atoms with Crippen LogP contribution in [-0.2, 0) is 5.41 Å². The molecule has 2 aromatic carbocycles. The molecule has 0 bridgehead atoms. The summed E-state index contributed by atoms with van der Waals surface area (Å²) in [6.45, 7) is 6.04. The minimum absolute atomic E-state index is 0.0862. The average Bonchev–Trinajstić information content (AvgIpc) is 2.35. The Morgan fingerprint density at radius 2 is 1.42 bits per heavy atom. The fourth-order valence-electron chi connectivity index (χ4n) is 2.11. The van der Waals surface area contributed by atoms with Crippen LogP contribution in [0, 0.1) is 6.92 Å². The molecule has 2 rings (SSSR count). The van der Waals surface area contributed by atoms with Crippen LogP contribution in [0.2, 0.25) is 5.02 Å². The summed E-state index contributed by atoms with van der Waals surface area (Å²) in [5.74, 6) is 0.381. The van der Waals surface area contributed by atoms with Crippen molar-refractivity contribution < 1.29 is 10.2 Å². The van der Waals surface area contributed by atoms with E-state index in [-0.39, 0.29) is 11.2 Å². The highest BCUT2D eigenvalue weighted by Crippen LogP contribution is 2.36. The van der Waals surface area contributed by atoms with Crippen LogP contribution in [0.5, 0.6) is 11.5 Å². The summed E-state index contributed by atoms with van der Waals surface area (Å²) < 4.78 is 0. The SMILES string of the molecule is Cc1cc(C(C)(C)c2ccc(O)c(Cl)c2)ccc1O. The third-order valence-electron chi connectivity index (χ3n) is 3.59. The summed E-state index contributed by atoms with van der Waals surface area (Å²) in [4.78, 5) is 0. The maximum atomic E-state index is 9.61. The number of aryl methyl sites for hydroxylation is 1. The van der Waals surface area contributed by atoms with E-state index in [2.05, 4.69) is 13.8 Å². The summed E-state index contributed by atoms with van der Waals surface area (Å²) in [5, 5.41) is 19.5. The predicted octanol–water partition coefficient (Wildman–Crippen LogP) is 4.39. The Balaban J connectivity index is 2.51. The molecule has 0 aromatic heterocycles. The monoisotopic (exact) mass is 276 g/mol. The quantitative estimate of drug-likeness (QED) is 0.854. The first-order valence-electron chi connectivity index (χ1n) is 6.11. The maximum absolute atomic E-state index is 9.61. The van der Waals surface area contributed by atoms with E-state index in [0.29, 0.717) is 10.8 Å². The Morgan fingerprint density at radius 3 is 1.95 bits per heavy atom. The van der Waals surface area contributed by atoms with Crippen molar-refractivity contribution in [1.82, 2.24) is 0 Å². The third kappa shape index (κ3) is 2.54. The number of rotatable bonds is 2. The van der Waals surface area contributed by atoms with Gasteiger partial charge in [-0.2, -0.15) is 0 Å². The molecule has 0 unspecified atom stereocenters. The molecule has 0 fully saturated rings. The van der Waals surface area contributed by atoms with Crippen LogP contribution in [0.15, 0.2) is 36.4 Å². The van der Waals surface area contributed by atoms with E-state index < -0.39 is 0 Å². The summed E-state index contributed by atoms with van der Waals surface area (Å²) in [6.07, 6.45) is 0. The molecule has 0 radical (unpaired) electrons. The molecular weight excluding hydrogens is 260 g/mol. The van der Waals surface area contributed by atoms with Gasteiger partial charge < -0.3 is 10.2 Å². The summed E-state index contributed by atoms with van der Waals surface area (Å²) in [6, 6.07) is 10.8. The smallest absolute Gasteiger partial charge is 0.134 e. The number of phenolic OH excluding ortho intramolecular Hbond substituents is 2. The number of hydrogen-bond donors (Lipinski definition) is 2. The van der Waals surface area contributed by atoms with Gasteiger partial charge in [-0.1, -0.05) is 43.6 Å². The highest BCUT2D eigenvalue weighted by atomic mass is 35.5. The first kappa shape index (κ1) is 13.8. The molecule has 2 nitrogen and oxygen atoms in total. The summed E-state index contributed by atoms with van der Waals surface area (Å²) in [5.41, 5.74) is 2.69. The molecule has 0 spiro atoms. The average molecular weight is 277 g/mol. The second-order valence-electron chi connectivity index (χ2n) is 5.29. The highest BCUT2D eigenvalue weighted by Gasteiger charge is 2.24. The molecule has 2 N–H and O–H groups in total. The van der Waals surface area contributed by atoms with Crippen LogP contribution in [0.3, 0.4) is 0 Å². The molecule has 2 aromatic rings. The van der Waals surface area contributed by atoms with Crippen LogP contribution in [-0.4, -0.2) is 10.2 Å². The Kier molecular flexibility index (Phi) is 3.46. The Morgan fingerprint density at radius 1 is 0.895 bits per heavy atom. The van der Waals surface area contributed by atoms with E-state index >= 15 is 0 Å². The molecule has 0 heterocycles. The van der Waals surface area contributed by atoms with Crippen LogP contribution in [0.25, 0.3) is 0 Å². The van der Waals surface area contributed by atoms with Crippen molar-refractivity contribution in [2.45, 2.75) is 26.2 Å². The van der Waals surface area contributed by atoms with E-state index in [1.807, 2.05) is 25.1 Å². The Bertz CT molecular complexity index is 565. The molecule has 0 amide bonds. The van der Waals surface area contributed by atoms with E-state index in [4.69, 9.17) is 11.6 Å². The van der Waals surface area contributed by atoms with Gasteiger partial charge in [-0.15, -0.1) is 0 Å². The molecule has 0 atom stereocenters. The Labute approximate surface area is 118 Å². The molecule has 0 aliphatic carbocycles. The zero-order valence-electron chi connectivity index (χ0n) is 11.2. The van der Waals surface area contributed by atoms with Crippen molar-refractivity contribution in [3.8, 4) is 11.5 Å². The van der Waals surface area contributed by atoms with Crippen molar-refractivity contribution in [2.75, 3.05) is 0 Å². The minimum Gasteiger partial charge on any atom is -0.508 e. The van der Waals surface area contributed by atoms with Crippen molar-refractivity contribution in [3.05, 3.63) is 58.1 Å².